The van der Waals surface area contributed by atoms with Crippen molar-refractivity contribution in [3.05, 3.63) is 83.9 Å². The molecule has 134 valence electrons. The first-order valence-corrected chi connectivity index (χ1v) is 8.02. The normalized spacial score (nSPS) is 15.6. The van der Waals surface area contributed by atoms with Crippen LogP contribution >= 0.6 is 0 Å². The van der Waals surface area contributed by atoms with Gasteiger partial charge in [-0.3, -0.25) is 30.3 Å². The van der Waals surface area contributed by atoms with Crippen molar-refractivity contribution in [2.24, 2.45) is 0 Å². The fourth-order valence-corrected chi connectivity index (χ4v) is 3.82. The average Bonchev–Trinajstić information content (AvgIpc) is 2.66. The maximum Gasteiger partial charge on any atom is 0.277 e. The third kappa shape index (κ3) is 2.32. The zero-order valence-corrected chi connectivity index (χ0v) is 13.7. The summed E-state index contributed by atoms with van der Waals surface area (Å²) >= 11 is 0. The standard InChI is InChI=1S/C18H11N3O6/c22-19(23)13-7-1-4-10-16(13)11-5-2-9-15(21(26)27)18(11)12-6-3-8-14(17(10)12)20(24)25/h1-8,15H,9H2. The maximum atomic E-state index is 11.6. The summed E-state index contributed by atoms with van der Waals surface area (Å²) in [5.41, 5.74) is 0.177. The summed E-state index contributed by atoms with van der Waals surface area (Å²) in [4.78, 5) is 33.2. The molecule has 0 heterocycles. The lowest BCUT2D eigenvalue weighted by atomic mass is 9.83. The molecule has 0 bridgehead atoms. The molecule has 3 aromatic carbocycles. The third-order valence-electron chi connectivity index (χ3n) is 4.83. The van der Waals surface area contributed by atoms with Gasteiger partial charge in [-0.25, -0.2) is 0 Å². The van der Waals surface area contributed by atoms with Crippen LogP contribution in [0.1, 0.15) is 23.6 Å². The maximum absolute atomic E-state index is 11.6. The van der Waals surface area contributed by atoms with Crippen molar-refractivity contribution in [3.63, 3.8) is 0 Å². The van der Waals surface area contributed by atoms with E-state index in [0.717, 1.165) is 0 Å². The van der Waals surface area contributed by atoms with Crippen LogP contribution in [0, 0.1) is 30.3 Å². The first-order chi connectivity index (χ1) is 12.9. The van der Waals surface area contributed by atoms with Crippen LogP contribution in [0.5, 0.6) is 0 Å². The molecular formula is C18H11N3O6. The fourth-order valence-electron chi connectivity index (χ4n) is 3.82. The second-order valence-electron chi connectivity index (χ2n) is 6.18. The van der Waals surface area contributed by atoms with Crippen LogP contribution in [-0.4, -0.2) is 14.8 Å². The topological polar surface area (TPSA) is 129 Å². The Balaban J connectivity index is 2.35. The second kappa shape index (κ2) is 5.84. The van der Waals surface area contributed by atoms with Gasteiger partial charge < -0.3 is 0 Å². The molecule has 0 saturated heterocycles. The molecule has 0 radical (unpaired) electrons. The SMILES string of the molecule is O=[N+]([O-])c1cccc2c1c1c(c3cccc([N+](=O)[O-])c32)C([N+](=O)[O-])CC=C1. The highest BCUT2D eigenvalue weighted by Gasteiger charge is 2.34. The highest BCUT2D eigenvalue weighted by Crippen LogP contribution is 2.46. The van der Waals surface area contributed by atoms with Crippen LogP contribution in [-0.2, 0) is 0 Å². The number of fused-ring (bicyclic) bond motifs is 6. The van der Waals surface area contributed by atoms with Gasteiger partial charge in [0.25, 0.3) is 11.4 Å². The lowest BCUT2D eigenvalue weighted by molar-refractivity contribution is -0.528. The van der Waals surface area contributed by atoms with E-state index in [4.69, 9.17) is 0 Å². The number of benzene rings is 3. The van der Waals surface area contributed by atoms with Crippen LogP contribution in [0.3, 0.4) is 0 Å². The number of non-ortho nitro benzene ring substituents is 2. The van der Waals surface area contributed by atoms with Crippen LogP contribution < -0.4 is 0 Å². The molecule has 27 heavy (non-hydrogen) atoms. The van der Waals surface area contributed by atoms with Gasteiger partial charge in [0, 0.05) is 34.4 Å². The van der Waals surface area contributed by atoms with E-state index < -0.39 is 20.8 Å². The number of hydrogen-bond donors (Lipinski definition) is 0. The van der Waals surface area contributed by atoms with Crippen LogP contribution in [0.25, 0.3) is 27.6 Å². The Morgan fingerprint density at radius 2 is 1.41 bits per heavy atom. The molecule has 9 nitrogen and oxygen atoms in total. The van der Waals surface area contributed by atoms with Crippen molar-refractivity contribution < 1.29 is 14.8 Å². The average molecular weight is 365 g/mol. The summed E-state index contributed by atoms with van der Waals surface area (Å²) in [5.74, 6) is 0. The highest BCUT2D eigenvalue weighted by atomic mass is 16.6. The minimum Gasteiger partial charge on any atom is -0.264 e. The molecule has 1 atom stereocenters. The van der Waals surface area contributed by atoms with Crippen molar-refractivity contribution in [1.29, 1.82) is 0 Å². The van der Waals surface area contributed by atoms with Crippen molar-refractivity contribution in [2.45, 2.75) is 12.5 Å². The molecule has 1 aliphatic carbocycles. The van der Waals surface area contributed by atoms with Gasteiger partial charge in [0.2, 0.25) is 6.04 Å². The number of nitro benzene ring substituents is 2. The molecule has 0 saturated carbocycles. The summed E-state index contributed by atoms with van der Waals surface area (Å²) in [7, 11) is 0. The third-order valence-corrected chi connectivity index (χ3v) is 4.83. The van der Waals surface area contributed by atoms with Gasteiger partial charge in [0.05, 0.1) is 20.6 Å². The summed E-state index contributed by atoms with van der Waals surface area (Å²) in [5, 5.41) is 35.9. The van der Waals surface area contributed by atoms with E-state index >= 15 is 0 Å². The highest BCUT2D eigenvalue weighted by molar-refractivity contribution is 6.19. The van der Waals surface area contributed by atoms with Crippen molar-refractivity contribution in [2.75, 3.05) is 0 Å². The van der Waals surface area contributed by atoms with Gasteiger partial charge in [0.15, 0.2) is 0 Å². The van der Waals surface area contributed by atoms with Crippen molar-refractivity contribution in [3.8, 4) is 0 Å². The van der Waals surface area contributed by atoms with Crippen LogP contribution in [0.2, 0.25) is 0 Å². The van der Waals surface area contributed by atoms with E-state index in [2.05, 4.69) is 0 Å². The Bertz CT molecular complexity index is 1200. The Hall–Kier alpha value is -3.88. The van der Waals surface area contributed by atoms with Gasteiger partial charge in [-0.05, 0) is 10.9 Å². The fraction of sp³-hybridized carbons (Fsp3) is 0.111. The molecule has 0 spiro atoms. The number of hydrogen-bond acceptors (Lipinski definition) is 6. The van der Waals surface area contributed by atoms with Crippen molar-refractivity contribution >= 4 is 39.0 Å². The zero-order chi connectivity index (χ0) is 19.3. The Kier molecular flexibility index (Phi) is 3.58. The minimum absolute atomic E-state index is 0.115. The molecule has 0 aromatic heterocycles. The Labute approximate surface area is 151 Å². The predicted octanol–water partition coefficient (Wildman–Crippen LogP) is 4.54. The quantitative estimate of drug-likeness (QED) is 0.380. The van der Waals surface area contributed by atoms with E-state index in [9.17, 15) is 30.3 Å². The van der Waals surface area contributed by atoms with E-state index in [0.29, 0.717) is 16.3 Å². The Morgan fingerprint density at radius 3 is 2.00 bits per heavy atom. The van der Waals surface area contributed by atoms with E-state index in [-0.39, 0.29) is 34.1 Å². The van der Waals surface area contributed by atoms with E-state index in [1.165, 1.54) is 24.3 Å². The minimum atomic E-state index is -1.13. The van der Waals surface area contributed by atoms with Crippen LogP contribution in [0.15, 0.2) is 42.5 Å². The monoisotopic (exact) mass is 365 g/mol. The van der Waals surface area contributed by atoms with Gasteiger partial charge in [0.1, 0.15) is 0 Å². The summed E-state index contributed by atoms with van der Waals surface area (Å²) in [6.45, 7) is 0. The Morgan fingerprint density at radius 1 is 0.815 bits per heavy atom. The lowest BCUT2D eigenvalue weighted by Gasteiger charge is -2.20. The van der Waals surface area contributed by atoms with Crippen molar-refractivity contribution in [1.82, 2.24) is 0 Å². The molecule has 0 aliphatic heterocycles. The van der Waals surface area contributed by atoms with Gasteiger partial charge in [-0.1, -0.05) is 36.4 Å². The molecule has 0 N–H and O–H groups in total. The molecule has 3 aromatic rings. The summed E-state index contributed by atoms with van der Waals surface area (Å²) in [6, 6.07) is 7.56. The van der Waals surface area contributed by atoms with Gasteiger partial charge in [-0.15, -0.1) is 0 Å². The number of rotatable bonds is 3. The zero-order valence-electron chi connectivity index (χ0n) is 13.7. The number of nitro groups is 3. The first kappa shape index (κ1) is 16.6. The molecule has 1 unspecified atom stereocenters. The molecule has 9 heteroatoms. The summed E-state index contributed by atoms with van der Waals surface area (Å²) in [6.07, 6.45) is 3.35. The van der Waals surface area contributed by atoms with E-state index in [1.54, 1.807) is 24.3 Å². The smallest absolute Gasteiger partial charge is 0.264 e. The lowest BCUT2D eigenvalue weighted by Crippen LogP contribution is -2.15. The molecular weight excluding hydrogens is 354 g/mol. The van der Waals surface area contributed by atoms with Crippen LogP contribution in [0.4, 0.5) is 11.4 Å². The molecule has 0 amide bonds. The van der Waals surface area contributed by atoms with E-state index in [1.807, 2.05) is 0 Å². The largest absolute Gasteiger partial charge is 0.277 e. The van der Waals surface area contributed by atoms with Gasteiger partial charge in [-0.2, -0.15) is 0 Å². The first-order valence-electron chi connectivity index (χ1n) is 8.02. The number of nitrogens with zero attached hydrogens (tertiary/aromatic N) is 3. The molecule has 0 fully saturated rings. The molecule has 4 rings (SSSR count). The summed E-state index contributed by atoms with van der Waals surface area (Å²) < 4.78 is 0. The predicted molar refractivity (Wildman–Crippen MR) is 98.1 cm³/mol. The molecule has 1 aliphatic rings. The van der Waals surface area contributed by atoms with Gasteiger partial charge >= 0.3 is 0 Å². The second-order valence-corrected chi connectivity index (χ2v) is 6.18.